The van der Waals surface area contributed by atoms with E-state index in [0.29, 0.717) is 23.5 Å². The minimum absolute atomic E-state index is 0.148. The second-order valence-electron chi connectivity index (χ2n) is 2.78. The van der Waals surface area contributed by atoms with Crippen LogP contribution in [-0.4, -0.2) is 12.4 Å². The lowest BCUT2D eigenvalue weighted by Gasteiger charge is -2.08. The summed E-state index contributed by atoms with van der Waals surface area (Å²) in [5, 5.41) is 8.80. The molecule has 0 saturated heterocycles. The van der Waals surface area contributed by atoms with Gasteiger partial charge in [0.1, 0.15) is 11.8 Å². The van der Waals surface area contributed by atoms with Gasteiger partial charge in [0.15, 0.2) is 5.78 Å². The lowest BCUT2D eigenvalue weighted by Crippen LogP contribution is -2.03. The molecule has 0 N–H and O–H groups in total. The van der Waals surface area contributed by atoms with E-state index in [9.17, 15) is 4.79 Å². The highest BCUT2D eigenvalue weighted by molar-refractivity contribution is 5.99. The second kappa shape index (κ2) is 4.43. The van der Waals surface area contributed by atoms with Crippen molar-refractivity contribution in [1.29, 1.82) is 5.26 Å². The van der Waals surface area contributed by atoms with Gasteiger partial charge in [-0.3, -0.25) is 4.79 Å². The van der Waals surface area contributed by atoms with E-state index in [1.807, 2.05) is 13.0 Å². The van der Waals surface area contributed by atoms with Gasteiger partial charge in [0, 0.05) is 0 Å². The number of hydrogen-bond acceptors (Lipinski definition) is 3. The summed E-state index contributed by atoms with van der Waals surface area (Å²) in [6.45, 7) is 3.75. The predicted octanol–water partition coefficient (Wildman–Crippen LogP) is 2.16. The molecule has 72 valence electrons. The quantitative estimate of drug-likeness (QED) is 0.684. The first-order valence-corrected chi connectivity index (χ1v) is 4.37. The number of ketones is 1. The maximum Gasteiger partial charge on any atom is 0.164 e. The molecule has 0 aromatic heterocycles. The Morgan fingerprint density at radius 2 is 2.29 bits per heavy atom. The Bertz CT molecular complexity index is 391. The highest BCUT2D eigenvalue weighted by atomic mass is 16.5. The van der Waals surface area contributed by atoms with Crippen molar-refractivity contribution in [1.82, 2.24) is 0 Å². The lowest BCUT2D eigenvalue weighted by molar-refractivity contribution is 0.101. The molecule has 1 aromatic rings. The number of Topliss-reactive ketones (excluding diaryl/α,β-unsaturated/α-hetero) is 1. The molecular formula is C11H11NO2. The van der Waals surface area contributed by atoms with Gasteiger partial charge < -0.3 is 4.74 Å². The van der Waals surface area contributed by atoms with Gasteiger partial charge in [-0.05, 0) is 26.0 Å². The van der Waals surface area contributed by atoms with Crippen LogP contribution in [0.2, 0.25) is 0 Å². The van der Waals surface area contributed by atoms with Crippen LogP contribution in [0.25, 0.3) is 0 Å². The molecule has 0 radical (unpaired) electrons. The van der Waals surface area contributed by atoms with E-state index in [1.54, 1.807) is 18.2 Å². The predicted molar refractivity (Wildman–Crippen MR) is 52.3 cm³/mol. The molecule has 1 rings (SSSR count). The topological polar surface area (TPSA) is 50.1 Å². The number of nitrogens with zero attached hydrogens (tertiary/aromatic N) is 1. The Hall–Kier alpha value is -1.82. The summed E-state index contributed by atoms with van der Waals surface area (Å²) in [5.41, 5.74) is 0.736. The molecule has 0 fully saturated rings. The zero-order valence-corrected chi connectivity index (χ0v) is 8.20. The van der Waals surface area contributed by atoms with Crippen LogP contribution in [0.3, 0.4) is 0 Å². The Morgan fingerprint density at radius 1 is 1.57 bits per heavy atom. The number of carbonyl (C=O) groups is 1. The van der Waals surface area contributed by atoms with E-state index >= 15 is 0 Å². The van der Waals surface area contributed by atoms with Crippen LogP contribution in [-0.2, 0) is 0 Å². The highest BCUT2D eigenvalue weighted by Crippen LogP contribution is 2.22. The van der Waals surface area contributed by atoms with Gasteiger partial charge in [-0.2, -0.15) is 5.26 Å². The number of rotatable bonds is 3. The average Bonchev–Trinajstić information content (AvgIpc) is 2.17. The Kier molecular flexibility index (Phi) is 3.24. The summed E-state index contributed by atoms with van der Waals surface area (Å²) in [5.74, 6) is 0.338. The molecule has 1 aromatic carbocycles. The standard InChI is InChI=1S/C11H11NO2/c1-3-14-10-6-4-5-9(7-12)11(10)8(2)13/h4-6H,3H2,1-2H3. The van der Waals surface area contributed by atoms with Crippen molar-refractivity contribution < 1.29 is 9.53 Å². The summed E-state index contributed by atoms with van der Waals surface area (Å²) in [4.78, 5) is 11.3. The van der Waals surface area contributed by atoms with Gasteiger partial charge in [0.2, 0.25) is 0 Å². The first kappa shape index (κ1) is 10.3. The molecule has 0 saturated carbocycles. The largest absolute Gasteiger partial charge is 0.493 e. The number of nitriles is 1. The molecule has 0 heterocycles. The zero-order valence-electron chi connectivity index (χ0n) is 8.20. The summed E-state index contributed by atoms with van der Waals surface area (Å²) < 4.78 is 5.27. The molecule has 0 aliphatic heterocycles. The minimum atomic E-state index is -0.148. The molecular weight excluding hydrogens is 178 g/mol. The molecule has 0 amide bonds. The molecule has 14 heavy (non-hydrogen) atoms. The maximum absolute atomic E-state index is 11.3. The van der Waals surface area contributed by atoms with Crippen LogP contribution >= 0.6 is 0 Å². The van der Waals surface area contributed by atoms with Gasteiger partial charge >= 0.3 is 0 Å². The van der Waals surface area contributed by atoms with Crippen LogP contribution in [0, 0.1) is 11.3 Å². The van der Waals surface area contributed by atoms with E-state index in [1.165, 1.54) is 6.92 Å². The molecule has 0 bridgehead atoms. The van der Waals surface area contributed by atoms with Crippen molar-refractivity contribution in [3.63, 3.8) is 0 Å². The van der Waals surface area contributed by atoms with Crippen molar-refractivity contribution in [2.24, 2.45) is 0 Å². The van der Waals surface area contributed by atoms with Crippen molar-refractivity contribution in [2.45, 2.75) is 13.8 Å². The molecule has 0 atom stereocenters. The Morgan fingerprint density at radius 3 is 2.79 bits per heavy atom. The van der Waals surface area contributed by atoms with Gasteiger partial charge in [0.25, 0.3) is 0 Å². The van der Waals surface area contributed by atoms with Crippen LogP contribution in [0.4, 0.5) is 0 Å². The zero-order chi connectivity index (χ0) is 10.6. The summed E-state index contributed by atoms with van der Waals surface area (Å²) in [7, 11) is 0. The van der Waals surface area contributed by atoms with Gasteiger partial charge in [-0.15, -0.1) is 0 Å². The van der Waals surface area contributed by atoms with Crippen molar-refractivity contribution in [3.05, 3.63) is 29.3 Å². The summed E-state index contributed by atoms with van der Waals surface area (Å²) >= 11 is 0. The van der Waals surface area contributed by atoms with Crippen molar-refractivity contribution >= 4 is 5.78 Å². The molecule has 0 aliphatic carbocycles. The highest BCUT2D eigenvalue weighted by Gasteiger charge is 2.12. The van der Waals surface area contributed by atoms with Crippen LogP contribution < -0.4 is 4.74 Å². The van der Waals surface area contributed by atoms with Crippen LogP contribution in [0.15, 0.2) is 18.2 Å². The first-order valence-electron chi connectivity index (χ1n) is 4.37. The monoisotopic (exact) mass is 189 g/mol. The SMILES string of the molecule is CCOc1cccc(C#N)c1C(C)=O. The third-order valence-electron chi connectivity index (χ3n) is 1.80. The number of ether oxygens (including phenoxy) is 1. The summed E-state index contributed by atoms with van der Waals surface area (Å²) in [6.07, 6.45) is 0. The van der Waals surface area contributed by atoms with Crippen molar-refractivity contribution in [3.8, 4) is 11.8 Å². The first-order chi connectivity index (χ1) is 6.70. The van der Waals surface area contributed by atoms with E-state index in [-0.39, 0.29) is 5.78 Å². The van der Waals surface area contributed by atoms with Crippen LogP contribution in [0.5, 0.6) is 5.75 Å². The van der Waals surface area contributed by atoms with Gasteiger partial charge in [-0.25, -0.2) is 0 Å². The van der Waals surface area contributed by atoms with Gasteiger partial charge in [0.05, 0.1) is 17.7 Å². The fourth-order valence-electron chi connectivity index (χ4n) is 1.26. The Labute approximate surface area is 82.9 Å². The van der Waals surface area contributed by atoms with Crippen LogP contribution in [0.1, 0.15) is 29.8 Å². The molecule has 0 spiro atoms. The second-order valence-corrected chi connectivity index (χ2v) is 2.78. The van der Waals surface area contributed by atoms with E-state index in [2.05, 4.69) is 0 Å². The Balaban J connectivity index is 3.30. The van der Waals surface area contributed by atoms with E-state index in [0.717, 1.165) is 0 Å². The third-order valence-corrected chi connectivity index (χ3v) is 1.80. The molecule has 0 aliphatic rings. The van der Waals surface area contributed by atoms with Gasteiger partial charge in [-0.1, -0.05) is 6.07 Å². The minimum Gasteiger partial charge on any atom is -0.493 e. The van der Waals surface area contributed by atoms with E-state index in [4.69, 9.17) is 10.00 Å². The number of hydrogen-bond donors (Lipinski definition) is 0. The van der Waals surface area contributed by atoms with Crippen molar-refractivity contribution in [2.75, 3.05) is 6.61 Å². The fraction of sp³-hybridized carbons (Fsp3) is 0.273. The molecule has 3 nitrogen and oxygen atoms in total. The summed E-state index contributed by atoms with van der Waals surface area (Å²) in [6, 6.07) is 6.99. The smallest absolute Gasteiger partial charge is 0.164 e. The molecule has 3 heteroatoms. The average molecular weight is 189 g/mol. The number of benzene rings is 1. The normalized spacial score (nSPS) is 9.21. The molecule has 0 unspecified atom stereocenters. The maximum atomic E-state index is 11.3. The third kappa shape index (κ3) is 1.91. The van der Waals surface area contributed by atoms with E-state index < -0.39 is 0 Å². The lowest BCUT2D eigenvalue weighted by atomic mass is 10.0. The fourth-order valence-corrected chi connectivity index (χ4v) is 1.26. The number of carbonyl (C=O) groups excluding carboxylic acids is 1.